The Morgan fingerprint density at radius 2 is 2.11 bits per heavy atom. The minimum Gasteiger partial charge on any atom is -0.393 e. The van der Waals surface area contributed by atoms with Crippen LogP contribution < -0.4 is 5.32 Å². The summed E-state index contributed by atoms with van der Waals surface area (Å²) in [7, 11) is 0. The Balaban J connectivity index is 2.83. The smallest absolute Gasteiger partial charge is 0.273 e. The first kappa shape index (κ1) is 15.1. The maximum Gasteiger partial charge on any atom is 0.273 e. The summed E-state index contributed by atoms with van der Waals surface area (Å²) in [6, 6.07) is 4.16. The number of nitrogens with zero attached hydrogens (tertiary/aromatic N) is 1. The van der Waals surface area contributed by atoms with E-state index in [0.717, 1.165) is 0 Å². The largest absolute Gasteiger partial charge is 0.393 e. The Bertz CT molecular complexity index is 486. The van der Waals surface area contributed by atoms with Gasteiger partial charge in [0.25, 0.3) is 11.6 Å². The zero-order valence-corrected chi connectivity index (χ0v) is 11.2. The standard InChI is InChI=1S/C13H18N2O4/c1-8-4-5-11(7-12(8)15(18)19)13(17)14-9(2)6-10(3)16/h4-5,7,9-10,16H,6H2,1-3H3,(H,14,17). The molecular weight excluding hydrogens is 248 g/mol. The zero-order chi connectivity index (χ0) is 14.6. The van der Waals surface area contributed by atoms with E-state index >= 15 is 0 Å². The van der Waals surface area contributed by atoms with Crippen molar-refractivity contribution in [2.24, 2.45) is 0 Å². The van der Waals surface area contributed by atoms with Crippen molar-refractivity contribution in [2.75, 3.05) is 0 Å². The lowest BCUT2D eigenvalue weighted by Crippen LogP contribution is -2.34. The maximum absolute atomic E-state index is 11.9. The molecule has 6 nitrogen and oxygen atoms in total. The van der Waals surface area contributed by atoms with Gasteiger partial charge in [-0.15, -0.1) is 0 Å². The van der Waals surface area contributed by atoms with Gasteiger partial charge in [-0.2, -0.15) is 0 Å². The second kappa shape index (κ2) is 6.29. The van der Waals surface area contributed by atoms with E-state index in [0.29, 0.717) is 12.0 Å². The first-order chi connectivity index (χ1) is 8.81. The number of nitro groups is 1. The van der Waals surface area contributed by atoms with Crippen molar-refractivity contribution >= 4 is 11.6 Å². The van der Waals surface area contributed by atoms with Crippen molar-refractivity contribution in [3.63, 3.8) is 0 Å². The molecule has 0 aliphatic rings. The van der Waals surface area contributed by atoms with Gasteiger partial charge in [0.1, 0.15) is 0 Å². The van der Waals surface area contributed by atoms with E-state index in [1.807, 2.05) is 0 Å². The van der Waals surface area contributed by atoms with Gasteiger partial charge in [-0.05, 0) is 33.3 Å². The summed E-state index contributed by atoms with van der Waals surface area (Å²) in [6.45, 7) is 5.03. The van der Waals surface area contributed by atoms with Gasteiger partial charge in [-0.3, -0.25) is 14.9 Å². The quantitative estimate of drug-likeness (QED) is 0.627. The number of nitro benzene ring substituents is 1. The lowest BCUT2D eigenvalue weighted by molar-refractivity contribution is -0.385. The number of aliphatic hydroxyl groups is 1. The molecule has 0 aliphatic heterocycles. The van der Waals surface area contributed by atoms with Gasteiger partial charge in [-0.1, -0.05) is 6.07 Å². The third-order valence-electron chi connectivity index (χ3n) is 2.74. The molecule has 0 saturated heterocycles. The highest BCUT2D eigenvalue weighted by Gasteiger charge is 2.16. The van der Waals surface area contributed by atoms with Crippen LogP contribution in [0, 0.1) is 17.0 Å². The average molecular weight is 266 g/mol. The van der Waals surface area contributed by atoms with Crippen LogP contribution in [0.15, 0.2) is 18.2 Å². The summed E-state index contributed by atoms with van der Waals surface area (Å²) < 4.78 is 0. The number of aryl methyl sites for hydroxylation is 1. The lowest BCUT2D eigenvalue weighted by Gasteiger charge is -2.15. The molecule has 1 aromatic rings. The van der Waals surface area contributed by atoms with Crippen LogP contribution in [0.3, 0.4) is 0 Å². The molecule has 0 bridgehead atoms. The topological polar surface area (TPSA) is 92.5 Å². The fourth-order valence-electron chi connectivity index (χ4n) is 1.83. The number of rotatable bonds is 5. The van der Waals surface area contributed by atoms with Gasteiger partial charge in [-0.25, -0.2) is 0 Å². The van der Waals surface area contributed by atoms with Crippen molar-refractivity contribution in [2.45, 2.75) is 39.3 Å². The summed E-state index contributed by atoms with van der Waals surface area (Å²) in [5.41, 5.74) is 0.684. The highest BCUT2D eigenvalue weighted by Crippen LogP contribution is 2.19. The number of hydrogen-bond donors (Lipinski definition) is 2. The van der Waals surface area contributed by atoms with Crippen LogP contribution in [0.2, 0.25) is 0 Å². The van der Waals surface area contributed by atoms with Crippen LogP contribution >= 0.6 is 0 Å². The molecule has 0 aromatic heterocycles. The summed E-state index contributed by atoms with van der Waals surface area (Å²) >= 11 is 0. The molecular formula is C13H18N2O4. The number of carbonyl (C=O) groups excluding carboxylic acids is 1. The Labute approximate surface area is 111 Å². The van der Waals surface area contributed by atoms with Crippen LogP contribution in [0.1, 0.15) is 36.2 Å². The normalized spacial score (nSPS) is 13.7. The van der Waals surface area contributed by atoms with Crippen molar-refractivity contribution in [3.05, 3.63) is 39.4 Å². The second-order valence-corrected chi connectivity index (χ2v) is 4.72. The van der Waals surface area contributed by atoms with Gasteiger partial charge in [0.15, 0.2) is 0 Å². The number of amides is 1. The molecule has 1 aromatic carbocycles. The number of aliphatic hydroxyl groups excluding tert-OH is 1. The molecule has 0 fully saturated rings. The highest BCUT2D eigenvalue weighted by atomic mass is 16.6. The van der Waals surface area contributed by atoms with E-state index in [2.05, 4.69) is 5.32 Å². The maximum atomic E-state index is 11.9. The summed E-state index contributed by atoms with van der Waals surface area (Å²) in [6.07, 6.45) is -0.0812. The van der Waals surface area contributed by atoms with Crippen LogP contribution in [-0.4, -0.2) is 28.1 Å². The molecule has 2 N–H and O–H groups in total. The van der Waals surface area contributed by atoms with Gasteiger partial charge >= 0.3 is 0 Å². The molecule has 19 heavy (non-hydrogen) atoms. The molecule has 0 aliphatic carbocycles. The third-order valence-corrected chi connectivity index (χ3v) is 2.74. The second-order valence-electron chi connectivity index (χ2n) is 4.72. The molecule has 0 heterocycles. The predicted octanol–water partition coefficient (Wildman–Crippen LogP) is 1.79. The summed E-state index contributed by atoms with van der Waals surface area (Å²) in [4.78, 5) is 22.2. The van der Waals surface area contributed by atoms with Gasteiger partial charge in [0.05, 0.1) is 11.0 Å². The third kappa shape index (κ3) is 4.33. The SMILES string of the molecule is Cc1ccc(C(=O)NC(C)CC(C)O)cc1[N+](=O)[O-]. The van der Waals surface area contributed by atoms with Crippen LogP contribution in [-0.2, 0) is 0 Å². The van der Waals surface area contributed by atoms with E-state index < -0.39 is 11.0 Å². The molecule has 2 atom stereocenters. The number of nitrogens with one attached hydrogen (secondary N) is 1. The molecule has 0 saturated carbocycles. The van der Waals surface area contributed by atoms with E-state index in [1.165, 1.54) is 6.07 Å². The molecule has 2 unspecified atom stereocenters. The molecule has 104 valence electrons. The monoisotopic (exact) mass is 266 g/mol. The van der Waals surface area contributed by atoms with Crippen LogP contribution in [0.5, 0.6) is 0 Å². The Hall–Kier alpha value is -1.95. The first-order valence-electron chi connectivity index (χ1n) is 6.05. The van der Waals surface area contributed by atoms with Crippen molar-refractivity contribution in [1.82, 2.24) is 5.32 Å². The molecule has 1 rings (SSSR count). The van der Waals surface area contributed by atoms with Gasteiger partial charge in [0, 0.05) is 23.2 Å². The van der Waals surface area contributed by atoms with E-state index in [4.69, 9.17) is 0 Å². The van der Waals surface area contributed by atoms with Crippen molar-refractivity contribution in [3.8, 4) is 0 Å². The Morgan fingerprint density at radius 3 is 2.63 bits per heavy atom. The Morgan fingerprint density at radius 1 is 1.47 bits per heavy atom. The first-order valence-corrected chi connectivity index (χ1v) is 6.05. The van der Waals surface area contributed by atoms with Gasteiger partial charge < -0.3 is 10.4 Å². The molecule has 1 amide bonds. The number of carbonyl (C=O) groups is 1. The lowest BCUT2D eigenvalue weighted by atomic mass is 10.1. The van der Waals surface area contributed by atoms with E-state index in [1.54, 1.807) is 32.9 Å². The van der Waals surface area contributed by atoms with Crippen LogP contribution in [0.4, 0.5) is 5.69 Å². The summed E-state index contributed by atoms with van der Waals surface area (Å²) in [5.74, 6) is -0.378. The van der Waals surface area contributed by atoms with Crippen molar-refractivity contribution in [1.29, 1.82) is 0 Å². The summed E-state index contributed by atoms with van der Waals surface area (Å²) in [5, 5.41) is 22.7. The van der Waals surface area contributed by atoms with Gasteiger partial charge in [0.2, 0.25) is 0 Å². The molecule has 6 heteroatoms. The van der Waals surface area contributed by atoms with E-state index in [9.17, 15) is 20.0 Å². The highest BCUT2D eigenvalue weighted by molar-refractivity contribution is 5.95. The predicted molar refractivity (Wildman–Crippen MR) is 71.1 cm³/mol. The Kier molecular flexibility index (Phi) is 5.00. The number of hydrogen-bond acceptors (Lipinski definition) is 4. The minimum atomic E-state index is -0.511. The average Bonchev–Trinajstić information content (AvgIpc) is 2.27. The van der Waals surface area contributed by atoms with E-state index in [-0.39, 0.29) is 23.2 Å². The van der Waals surface area contributed by atoms with Crippen molar-refractivity contribution < 1.29 is 14.8 Å². The zero-order valence-electron chi connectivity index (χ0n) is 11.2. The minimum absolute atomic E-state index is 0.0733. The molecule has 0 spiro atoms. The number of benzene rings is 1. The molecule has 0 radical (unpaired) electrons. The van der Waals surface area contributed by atoms with Crippen LogP contribution in [0.25, 0.3) is 0 Å². The fraction of sp³-hybridized carbons (Fsp3) is 0.462. The fourth-order valence-corrected chi connectivity index (χ4v) is 1.83.